The summed E-state index contributed by atoms with van der Waals surface area (Å²) in [4.78, 5) is 39.9. The molecule has 0 spiro atoms. The Morgan fingerprint density at radius 2 is 2.00 bits per heavy atom. The van der Waals surface area contributed by atoms with E-state index in [4.69, 9.17) is 9.59 Å². The number of hydrogen-bond acceptors (Lipinski definition) is 4. The number of carboxylic acids is 1. The topological polar surface area (TPSA) is 88.5 Å². The minimum atomic E-state index is -0.784. The number of aliphatic carboxylic acids is 1. The van der Waals surface area contributed by atoms with E-state index >= 15 is 0 Å². The molecule has 0 aliphatic heterocycles. The highest BCUT2D eigenvalue weighted by Gasteiger charge is 2.54. The van der Waals surface area contributed by atoms with Crippen LogP contribution in [-0.2, 0) is 19.2 Å². The molecule has 0 heterocycles. The van der Waals surface area contributed by atoms with Crippen LogP contribution in [0.5, 0.6) is 0 Å². The van der Waals surface area contributed by atoms with E-state index in [1.807, 2.05) is 0 Å². The summed E-state index contributed by atoms with van der Waals surface area (Å²) >= 11 is 0. The van der Waals surface area contributed by atoms with Crippen LogP contribution in [0.15, 0.2) is 12.7 Å². The Balaban J connectivity index is 0.000000677. The van der Waals surface area contributed by atoms with Gasteiger partial charge in [-0.05, 0) is 30.6 Å². The van der Waals surface area contributed by atoms with Gasteiger partial charge in [0.25, 0.3) is 0 Å². The van der Waals surface area contributed by atoms with Crippen molar-refractivity contribution in [1.82, 2.24) is 0 Å². The van der Waals surface area contributed by atoms with Gasteiger partial charge in [0.05, 0.1) is 5.92 Å². The largest absolute Gasteiger partial charge is 0.481 e. The van der Waals surface area contributed by atoms with Crippen molar-refractivity contribution in [3.63, 3.8) is 0 Å². The highest BCUT2D eigenvalue weighted by atomic mass is 16.4. The van der Waals surface area contributed by atoms with Crippen LogP contribution in [0.2, 0.25) is 0 Å². The molecule has 0 radical (unpaired) electrons. The highest BCUT2D eigenvalue weighted by molar-refractivity contribution is 5.84. The molecule has 2 fully saturated rings. The third kappa shape index (κ3) is 3.13. The Morgan fingerprint density at radius 1 is 1.43 bits per heavy atom. The Labute approximate surface area is 124 Å². The fourth-order valence-corrected chi connectivity index (χ4v) is 4.05. The summed E-state index contributed by atoms with van der Waals surface area (Å²) in [6.45, 7) is 8.14. The lowest BCUT2D eigenvalue weighted by molar-refractivity contribution is -0.191. The third-order valence-electron chi connectivity index (χ3n) is 5.44. The Kier molecular flexibility index (Phi) is 5.62. The molecule has 0 amide bonds. The van der Waals surface area contributed by atoms with E-state index in [-0.39, 0.29) is 29.2 Å². The van der Waals surface area contributed by atoms with Crippen molar-refractivity contribution in [1.29, 1.82) is 0 Å². The van der Waals surface area contributed by atoms with Crippen LogP contribution in [0, 0.1) is 29.1 Å². The van der Waals surface area contributed by atoms with Crippen LogP contribution in [0.4, 0.5) is 0 Å². The molecule has 5 nitrogen and oxygen atoms in total. The first-order valence-corrected chi connectivity index (χ1v) is 7.20. The highest BCUT2D eigenvalue weighted by Crippen LogP contribution is 2.55. The van der Waals surface area contributed by atoms with Crippen molar-refractivity contribution in [2.24, 2.45) is 29.1 Å². The quantitative estimate of drug-likeness (QED) is 0.789. The average Bonchev–Trinajstić information content (AvgIpc) is 2.43. The van der Waals surface area contributed by atoms with E-state index in [1.165, 1.54) is 0 Å². The van der Waals surface area contributed by atoms with E-state index in [2.05, 4.69) is 20.4 Å². The SMILES string of the molecule is C=C[C@@H]1[C@H]2C(=O)CC[C@@H](C)[C@]2(C)CC[C@H]1C(=O)O.O=C=O. The molecule has 0 aromatic carbocycles. The van der Waals surface area contributed by atoms with Gasteiger partial charge in [0.15, 0.2) is 0 Å². The second-order valence-electron chi connectivity index (χ2n) is 6.27. The Morgan fingerprint density at radius 3 is 2.48 bits per heavy atom. The first-order chi connectivity index (χ1) is 9.83. The molecule has 21 heavy (non-hydrogen) atoms. The van der Waals surface area contributed by atoms with Crippen LogP contribution in [0.3, 0.4) is 0 Å². The second kappa shape index (κ2) is 6.81. The van der Waals surface area contributed by atoms with Gasteiger partial charge in [-0.15, -0.1) is 6.58 Å². The van der Waals surface area contributed by atoms with Gasteiger partial charge in [-0.3, -0.25) is 9.59 Å². The van der Waals surface area contributed by atoms with Crippen molar-refractivity contribution in [3.8, 4) is 0 Å². The zero-order chi connectivity index (χ0) is 16.2. The normalized spacial score (nSPS) is 38.3. The van der Waals surface area contributed by atoms with Gasteiger partial charge < -0.3 is 5.11 Å². The summed E-state index contributed by atoms with van der Waals surface area (Å²) in [7, 11) is 0. The fourth-order valence-electron chi connectivity index (χ4n) is 4.05. The van der Waals surface area contributed by atoms with Crippen LogP contribution in [0.1, 0.15) is 39.5 Å². The van der Waals surface area contributed by atoms with Gasteiger partial charge >= 0.3 is 12.1 Å². The number of ketones is 1. The average molecular weight is 294 g/mol. The van der Waals surface area contributed by atoms with Crippen molar-refractivity contribution >= 4 is 17.9 Å². The molecule has 0 aromatic rings. The summed E-state index contributed by atoms with van der Waals surface area (Å²) in [6, 6.07) is 0. The number of Topliss-reactive ketones (excluding diaryl/α,β-unsaturated/α-hetero) is 1. The summed E-state index contributed by atoms with van der Waals surface area (Å²) in [5.74, 6) is -0.836. The zero-order valence-electron chi connectivity index (χ0n) is 12.5. The molecule has 2 saturated carbocycles. The number of hydrogen-bond donors (Lipinski definition) is 1. The van der Waals surface area contributed by atoms with Crippen molar-refractivity contribution in [2.45, 2.75) is 39.5 Å². The van der Waals surface area contributed by atoms with Gasteiger partial charge in [0.1, 0.15) is 5.78 Å². The molecular weight excluding hydrogens is 272 g/mol. The van der Waals surface area contributed by atoms with Crippen molar-refractivity contribution in [2.75, 3.05) is 0 Å². The van der Waals surface area contributed by atoms with Crippen molar-refractivity contribution in [3.05, 3.63) is 12.7 Å². The van der Waals surface area contributed by atoms with Gasteiger partial charge in [-0.25, -0.2) is 0 Å². The van der Waals surface area contributed by atoms with E-state index in [0.717, 1.165) is 12.8 Å². The number of rotatable bonds is 2. The smallest absolute Gasteiger partial charge is 0.373 e. The molecule has 5 atom stereocenters. The maximum Gasteiger partial charge on any atom is 0.373 e. The lowest BCUT2D eigenvalue weighted by atomic mass is 9.50. The molecule has 2 aliphatic carbocycles. The molecular formula is C16H22O5. The molecule has 0 unspecified atom stereocenters. The van der Waals surface area contributed by atoms with Gasteiger partial charge in [0, 0.05) is 18.3 Å². The van der Waals surface area contributed by atoms with Crippen LogP contribution >= 0.6 is 0 Å². The molecule has 2 rings (SSSR count). The summed E-state index contributed by atoms with van der Waals surface area (Å²) in [5, 5.41) is 9.31. The number of carbonyl (C=O) groups excluding carboxylic acids is 3. The second-order valence-corrected chi connectivity index (χ2v) is 6.27. The number of allylic oxidation sites excluding steroid dienone is 1. The summed E-state index contributed by atoms with van der Waals surface area (Å²) in [5.41, 5.74) is -0.0415. The summed E-state index contributed by atoms with van der Waals surface area (Å²) < 4.78 is 0. The number of carboxylic acid groups (broad SMARTS) is 1. The van der Waals surface area contributed by atoms with Crippen LogP contribution in [0.25, 0.3) is 0 Å². The number of fused-ring (bicyclic) bond motifs is 1. The van der Waals surface area contributed by atoms with Crippen LogP contribution < -0.4 is 0 Å². The van der Waals surface area contributed by atoms with E-state index in [0.29, 0.717) is 18.8 Å². The minimum Gasteiger partial charge on any atom is -0.481 e. The van der Waals surface area contributed by atoms with Crippen molar-refractivity contribution < 1.29 is 24.3 Å². The minimum absolute atomic E-state index is 0.0415. The predicted molar refractivity (Wildman–Crippen MR) is 74.1 cm³/mol. The number of carbonyl (C=O) groups is 2. The molecule has 2 aliphatic rings. The first-order valence-electron chi connectivity index (χ1n) is 7.20. The third-order valence-corrected chi connectivity index (χ3v) is 5.44. The molecule has 0 saturated heterocycles. The van der Waals surface area contributed by atoms with Gasteiger partial charge in [0.2, 0.25) is 0 Å². The Bertz CT molecular complexity index is 463. The molecule has 0 aromatic heterocycles. The fraction of sp³-hybridized carbons (Fsp3) is 0.688. The summed E-state index contributed by atoms with van der Waals surface area (Å²) in [6.07, 6.45) is 4.99. The maximum atomic E-state index is 12.3. The lowest BCUT2D eigenvalue weighted by Gasteiger charge is -2.52. The van der Waals surface area contributed by atoms with Gasteiger partial charge in [-0.1, -0.05) is 19.9 Å². The standard InChI is InChI=1S/C15H22O3.CO2/c1-4-10-11(14(17)18)7-8-15(3)9(2)5-6-12(16)13(10)15;2-1-3/h4,9-11,13H,1,5-8H2,2-3H3,(H,17,18);/t9-,10+,11-,13+,15+;/m1./s1. The maximum absolute atomic E-state index is 12.3. The lowest BCUT2D eigenvalue weighted by Crippen LogP contribution is -2.52. The molecule has 116 valence electrons. The van der Waals surface area contributed by atoms with E-state index in [9.17, 15) is 14.7 Å². The van der Waals surface area contributed by atoms with Crippen LogP contribution in [-0.4, -0.2) is 23.0 Å². The monoisotopic (exact) mass is 294 g/mol. The predicted octanol–water partition coefficient (Wildman–Crippen LogP) is 2.32. The van der Waals surface area contributed by atoms with E-state index < -0.39 is 11.9 Å². The molecule has 1 N–H and O–H groups in total. The first kappa shape index (κ1) is 17.3. The molecule has 0 bridgehead atoms. The van der Waals surface area contributed by atoms with E-state index in [1.54, 1.807) is 6.08 Å². The van der Waals surface area contributed by atoms with Gasteiger partial charge in [-0.2, -0.15) is 9.59 Å². The Hall–Kier alpha value is -1.74. The molecule has 5 heteroatoms. The zero-order valence-corrected chi connectivity index (χ0v) is 12.5.